The van der Waals surface area contributed by atoms with E-state index in [2.05, 4.69) is 94.5 Å². The molecule has 19 heteroatoms. The zero-order valence-electron chi connectivity index (χ0n) is 66.2. The van der Waals surface area contributed by atoms with Gasteiger partial charge in [-0.25, -0.2) is 9.13 Å². The maximum absolute atomic E-state index is 13.1. The SMILES string of the molecule is CC/C=C\C/C=C\C/C=C\C/C=C\C/C=C\C/C=C\CCC(=O)O[C@H](COC(=O)CCCCCCCCCCCCCCCCC)COP(=O)(O)OC[C@@H](O)COP(=O)(O)OC[C@@H](COC(=O)CCCCCCCCCCCCCCCCC)OC(=O)CCCCCCC/C=C\CCCCCCCC. The second kappa shape index (κ2) is 77.4. The number of aliphatic hydroxyl groups excluding tert-OH is 1. The number of carbonyl (C=O) groups is 4. The van der Waals surface area contributed by atoms with Crippen molar-refractivity contribution in [3.63, 3.8) is 0 Å². The molecule has 0 aliphatic carbocycles. The lowest BCUT2D eigenvalue weighted by molar-refractivity contribution is -0.161. The first kappa shape index (κ1) is 100. The van der Waals surface area contributed by atoms with Gasteiger partial charge in [0.1, 0.15) is 19.3 Å². The number of hydrogen-bond donors (Lipinski definition) is 3. The lowest BCUT2D eigenvalue weighted by atomic mass is 10.0. The lowest BCUT2D eigenvalue weighted by Crippen LogP contribution is -2.30. The second-order valence-electron chi connectivity index (χ2n) is 28.1. The third-order valence-electron chi connectivity index (χ3n) is 17.9. The van der Waals surface area contributed by atoms with Crippen molar-refractivity contribution in [2.24, 2.45) is 0 Å². The van der Waals surface area contributed by atoms with Crippen molar-refractivity contribution in [3.8, 4) is 0 Å². The van der Waals surface area contributed by atoms with E-state index in [-0.39, 0.29) is 25.7 Å². The van der Waals surface area contributed by atoms with E-state index in [0.29, 0.717) is 32.1 Å². The van der Waals surface area contributed by atoms with Gasteiger partial charge >= 0.3 is 39.5 Å². The molecule has 104 heavy (non-hydrogen) atoms. The van der Waals surface area contributed by atoms with Crippen molar-refractivity contribution >= 4 is 39.5 Å². The summed E-state index contributed by atoms with van der Waals surface area (Å²) in [4.78, 5) is 73.1. The van der Waals surface area contributed by atoms with Crippen molar-refractivity contribution in [3.05, 3.63) is 85.1 Å². The molecule has 0 amide bonds. The maximum Gasteiger partial charge on any atom is 0.472 e. The standard InChI is InChI=1S/C85H152O17P2/c1-5-9-13-17-21-25-29-33-37-38-39-40-44-48-52-56-60-64-68-72-85(90)102-81(76-96-83(88)70-66-62-58-54-50-46-42-35-31-27-23-19-15-11-7-3)78-100-104(93,94)98-74-79(86)73-97-103(91,92)99-77-80(101-84(89)71-67-63-59-55-51-47-43-36-32-28-24-20-16-12-8-4)75-95-82(87)69-65-61-57-53-49-45-41-34-30-26-22-18-14-10-6-2/h9,13,21,25,33,36-37,39-40,43,48,52,60,64,79-81,86H,5-8,10-12,14-20,22-24,26-32,34-35,38,41-42,44-47,49-51,53-59,61-63,65-78H2,1-4H3,(H,91,92)(H,93,94)/b13-9-,25-21-,37-33-,40-39-,43-36-,52-48-,64-60-/t79-,80+,81+/m0/s1. The predicted octanol–water partition coefficient (Wildman–Crippen LogP) is 24.6. The molecule has 17 nitrogen and oxygen atoms in total. The Morgan fingerprint density at radius 1 is 0.279 bits per heavy atom. The average Bonchev–Trinajstić information content (AvgIpc) is 0.943. The first-order valence-electron chi connectivity index (χ1n) is 41.8. The molecule has 0 aliphatic rings. The molecule has 0 aromatic heterocycles. The smallest absolute Gasteiger partial charge is 0.462 e. The molecule has 0 fully saturated rings. The van der Waals surface area contributed by atoms with Crippen LogP contribution in [-0.4, -0.2) is 96.7 Å². The molecular weight excluding hydrogens is 1350 g/mol. The molecule has 0 bridgehead atoms. The molecule has 0 aromatic rings. The number of phosphoric acid groups is 2. The fraction of sp³-hybridized carbons (Fsp3) is 0.788. The van der Waals surface area contributed by atoms with Gasteiger partial charge < -0.3 is 33.8 Å². The third-order valence-corrected chi connectivity index (χ3v) is 19.8. The quantitative estimate of drug-likeness (QED) is 0.0169. The van der Waals surface area contributed by atoms with E-state index in [1.54, 1.807) is 0 Å². The second-order valence-corrected chi connectivity index (χ2v) is 31.0. The number of hydrogen-bond acceptors (Lipinski definition) is 15. The van der Waals surface area contributed by atoms with E-state index in [1.807, 2.05) is 18.2 Å². The first-order chi connectivity index (χ1) is 50.7. The van der Waals surface area contributed by atoms with Crippen molar-refractivity contribution in [1.82, 2.24) is 0 Å². The Balaban J connectivity index is 5.41. The van der Waals surface area contributed by atoms with Crippen LogP contribution in [0.25, 0.3) is 0 Å². The minimum atomic E-state index is -4.99. The molecule has 0 saturated heterocycles. The van der Waals surface area contributed by atoms with Crippen LogP contribution in [0.2, 0.25) is 0 Å². The number of aliphatic hydroxyl groups is 1. The summed E-state index contributed by atoms with van der Waals surface area (Å²) in [5, 5.41) is 10.7. The Morgan fingerprint density at radius 2 is 0.519 bits per heavy atom. The minimum Gasteiger partial charge on any atom is -0.462 e. The Kier molecular flexibility index (Phi) is 74.6. The molecule has 0 aromatic carbocycles. The fourth-order valence-electron chi connectivity index (χ4n) is 11.5. The highest BCUT2D eigenvalue weighted by Gasteiger charge is 2.30. The zero-order chi connectivity index (χ0) is 76.0. The Labute approximate surface area is 634 Å². The van der Waals surface area contributed by atoms with Gasteiger partial charge in [0, 0.05) is 25.7 Å². The van der Waals surface area contributed by atoms with E-state index < -0.39 is 97.5 Å². The van der Waals surface area contributed by atoms with Gasteiger partial charge in [0.05, 0.1) is 26.4 Å². The van der Waals surface area contributed by atoms with E-state index in [9.17, 15) is 43.2 Å². The summed E-state index contributed by atoms with van der Waals surface area (Å²) in [6, 6.07) is 0. The van der Waals surface area contributed by atoms with Gasteiger partial charge in [-0.05, 0) is 89.9 Å². The normalized spacial score (nSPS) is 14.3. The number of rotatable bonds is 79. The maximum atomic E-state index is 13.1. The van der Waals surface area contributed by atoms with Gasteiger partial charge in [-0.1, -0.05) is 344 Å². The summed E-state index contributed by atoms with van der Waals surface area (Å²) in [5.74, 6) is -2.25. The monoisotopic (exact) mass is 1510 g/mol. The third kappa shape index (κ3) is 76.4. The van der Waals surface area contributed by atoms with Gasteiger partial charge in [0.2, 0.25) is 0 Å². The van der Waals surface area contributed by atoms with Crippen LogP contribution in [0.4, 0.5) is 0 Å². The molecule has 0 spiro atoms. The summed E-state index contributed by atoms with van der Waals surface area (Å²) in [6.07, 6.45) is 81.4. The molecule has 0 aliphatic heterocycles. The zero-order valence-corrected chi connectivity index (χ0v) is 68.0. The highest BCUT2D eigenvalue weighted by atomic mass is 31.2. The van der Waals surface area contributed by atoms with E-state index >= 15 is 0 Å². The van der Waals surface area contributed by atoms with E-state index in [4.69, 9.17) is 37.0 Å². The van der Waals surface area contributed by atoms with E-state index in [0.717, 1.165) is 109 Å². The first-order valence-corrected chi connectivity index (χ1v) is 44.8. The van der Waals surface area contributed by atoms with E-state index in [1.165, 1.54) is 180 Å². The van der Waals surface area contributed by atoms with Crippen LogP contribution in [0.15, 0.2) is 85.1 Å². The largest absolute Gasteiger partial charge is 0.472 e. The predicted molar refractivity (Wildman–Crippen MR) is 427 cm³/mol. The molecule has 2 unspecified atom stereocenters. The Bertz CT molecular complexity index is 2300. The summed E-state index contributed by atoms with van der Waals surface area (Å²) in [6.45, 7) is 4.75. The summed E-state index contributed by atoms with van der Waals surface area (Å²) in [7, 11) is -9.97. The Hall–Kier alpha value is -3.76. The highest BCUT2D eigenvalue weighted by Crippen LogP contribution is 2.45. The van der Waals surface area contributed by atoms with Gasteiger partial charge in [-0.2, -0.15) is 0 Å². The molecule has 0 rings (SSSR count). The van der Waals surface area contributed by atoms with Crippen LogP contribution in [0.3, 0.4) is 0 Å². The van der Waals surface area contributed by atoms with Crippen LogP contribution < -0.4 is 0 Å². The number of esters is 4. The molecule has 0 saturated carbocycles. The summed E-state index contributed by atoms with van der Waals surface area (Å²) in [5.41, 5.74) is 0. The van der Waals surface area contributed by atoms with Crippen LogP contribution >= 0.6 is 15.6 Å². The number of carbonyl (C=O) groups excluding carboxylic acids is 4. The number of ether oxygens (including phenoxy) is 4. The van der Waals surface area contributed by atoms with Gasteiger partial charge in [0.25, 0.3) is 0 Å². The topological polar surface area (TPSA) is 237 Å². The van der Waals surface area contributed by atoms with Crippen LogP contribution in [0.5, 0.6) is 0 Å². The highest BCUT2D eigenvalue weighted by molar-refractivity contribution is 7.47. The summed E-state index contributed by atoms with van der Waals surface area (Å²) >= 11 is 0. The molecule has 0 radical (unpaired) electrons. The molecule has 5 atom stereocenters. The molecule has 3 N–H and O–H groups in total. The van der Waals surface area contributed by atoms with Crippen molar-refractivity contribution in [2.75, 3.05) is 39.6 Å². The Morgan fingerprint density at radius 3 is 0.827 bits per heavy atom. The van der Waals surface area contributed by atoms with Gasteiger partial charge in [0.15, 0.2) is 12.2 Å². The molecule has 604 valence electrons. The van der Waals surface area contributed by atoms with Crippen molar-refractivity contribution in [1.29, 1.82) is 0 Å². The summed E-state index contributed by atoms with van der Waals surface area (Å²) < 4.78 is 68.6. The minimum absolute atomic E-state index is 0.0271. The van der Waals surface area contributed by atoms with Crippen LogP contribution in [0.1, 0.15) is 374 Å². The van der Waals surface area contributed by atoms with Crippen LogP contribution in [-0.2, 0) is 65.4 Å². The number of phosphoric ester groups is 2. The number of unbranched alkanes of at least 4 members (excludes halogenated alkanes) is 39. The molecular formula is C85H152O17P2. The average molecular weight is 1510 g/mol. The van der Waals surface area contributed by atoms with Crippen molar-refractivity contribution in [2.45, 2.75) is 393 Å². The van der Waals surface area contributed by atoms with Gasteiger partial charge in [-0.3, -0.25) is 37.3 Å². The van der Waals surface area contributed by atoms with Gasteiger partial charge in [-0.15, -0.1) is 0 Å². The fourth-order valence-corrected chi connectivity index (χ4v) is 13.1. The molecule has 0 heterocycles. The van der Waals surface area contributed by atoms with Crippen molar-refractivity contribution < 1.29 is 80.2 Å². The van der Waals surface area contributed by atoms with Crippen LogP contribution in [0, 0.1) is 0 Å². The lowest BCUT2D eigenvalue weighted by Gasteiger charge is -2.21. The number of allylic oxidation sites excluding steroid dienone is 14.